The van der Waals surface area contributed by atoms with Gasteiger partial charge in [0.15, 0.2) is 0 Å². The summed E-state index contributed by atoms with van der Waals surface area (Å²) in [6.07, 6.45) is 0.268. The molecule has 2 aromatic rings. The van der Waals surface area contributed by atoms with Gasteiger partial charge in [0.25, 0.3) is 0 Å². The van der Waals surface area contributed by atoms with Gasteiger partial charge >= 0.3 is 0 Å². The van der Waals surface area contributed by atoms with E-state index >= 15 is 0 Å². The van der Waals surface area contributed by atoms with Crippen LogP contribution in [0.1, 0.15) is 5.56 Å². The van der Waals surface area contributed by atoms with Gasteiger partial charge < -0.3 is 4.74 Å². The molecule has 0 aliphatic carbocycles. The van der Waals surface area contributed by atoms with Gasteiger partial charge in [-0.15, -0.1) is 11.8 Å². The molecule has 0 heterocycles. The van der Waals surface area contributed by atoms with E-state index in [1.54, 1.807) is 25.3 Å². The summed E-state index contributed by atoms with van der Waals surface area (Å²) in [5.41, 5.74) is 0.825. The molecule has 0 amide bonds. The first-order valence-electron chi connectivity index (χ1n) is 6.31. The molecule has 0 N–H and O–H groups in total. The number of hydrogen-bond donors (Lipinski definition) is 0. The molecule has 21 heavy (non-hydrogen) atoms. The summed E-state index contributed by atoms with van der Waals surface area (Å²) in [5.74, 6) is 0.647. The monoisotopic (exact) mass is 368 g/mol. The first-order chi connectivity index (χ1) is 10.1. The van der Waals surface area contributed by atoms with Crippen LogP contribution in [0.4, 0.5) is 4.39 Å². The number of benzene rings is 2. The van der Waals surface area contributed by atoms with Crippen molar-refractivity contribution in [3.8, 4) is 5.75 Å². The number of halogens is 2. The number of rotatable bonds is 6. The van der Waals surface area contributed by atoms with Gasteiger partial charge in [-0.1, -0.05) is 28.1 Å². The second kappa shape index (κ2) is 7.61. The Morgan fingerprint density at radius 2 is 2.05 bits per heavy atom. The van der Waals surface area contributed by atoms with Crippen LogP contribution in [0.2, 0.25) is 0 Å². The van der Waals surface area contributed by atoms with Crippen LogP contribution >= 0.6 is 27.7 Å². The topological polar surface area (TPSA) is 26.3 Å². The summed E-state index contributed by atoms with van der Waals surface area (Å²) in [5, 5.41) is 0. The highest BCUT2D eigenvalue weighted by Crippen LogP contribution is 2.25. The summed E-state index contributed by atoms with van der Waals surface area (Å²) >= 11 is 4.59. The van der Waals surface area contributed by atoms with Gasteiger partial charge in [-0.25, -0.2) is 4.39 Å². The third-order valence-electron chi connectivity index (χ3n) is 2.86. The summed E-state index contributed by atoms with van der Waals surface area (Å²) in [4.78, 5) is 12.6. The molecular weight excluding hydrogens is 355 g/mol. The van der Waals surface area contributed by atoms with Crippen LogP contribution in [0.25, 0.3) is 0 Å². The SMILES string of the molecule is COc1ccc(Br)cc1CC(=O)CSc1ccccc1F. The summed E-state index contributed by atoms with van der Waals surface area (Å²) < 4.78 is 19.6. The lowest BCUT2D eigenvalue weighted by molar-refractivity contribution is -0.116. The lowest BCUT2D eigenvalue weighted by Gasteiger charge is -2.08. The van der Waals surface area contributed by atoms with Crippen molar-refractivity contribution in [3.05, 3.63) is 58.3 Å². The van der Waals surface area contributed by atoms with Crippen molar-refractivity contribution < 1.29 is 13.9 Å². The van der Waals surface area contributed by atoms with Crippen LogP contribution in [0, 0.1) is 5.82 Å². The van der Waals surface area contributed by atoms with E-state index in [0.29, 0.717) is 10.6 Å². The van der Waals surface area contributed by atoms with E-state index in [1.807, 2.05) is 18.2 Å². The molecule has 0 bridgehead atoms. The molecule has 2 rings (SSSR count). The van der Waals surface area contributed by atoms with E-state index in [2.05, 4.69) is 15.9 Å². The fourth-order valence-electron chi connectivity index (χ4n) is 1.87. The summed E-state index contributed by atoms with van der Waals surface area (Å²) in [6.45, 7) is 0. The lowest BCUT2D eigenvalue weighted by Crippen LogP contribution is -2.07. The van der Waals surface area contributed by atoms with E-state index in [-0.39, 0.29) is 23.8 Å². The number of Topliss-reactive ketones (excluding diaryl/α,β-unsaturated/α-hetero) is 1. The number of carbonyl (C=O) groups is 1. The number of ketones is 1. The van der Waals surface area contributed by atoms with Gasteiger partial charge in [-0.05, 0) is 30.3 Å². The van der Waals surface area contributed by atoms with E-state index in [1.165, 1.54) is 17.8 Å². The van der Waals surface area contributed by atoms with Crippen molar-refractivity contribution in [3.63, 3.8) is 0 Å². The normalized spacial score (nSPS) is 10.4. The Morgan fingerprint density at radius 3 is 2.76 bits per heavy atom. The van der Waals surface area contributed by atoms with Crippen molar-refractivity contribution >= 4 is 33.5 Å². The molecule has 0 aromatic heterocycles. The van der Waals surface area contributed by atoms with Crippen LogP contribution in [0.15, 0.2) is 51.8 Å². The fourth-order valence-corrected chi connectivity index (χ4v) is 3.08. The maximum Gasteiger partial charge on any atom is 0.147 e. The molecule has 0 unspecified atom stereocenters. The van der Waals surface area contributed by atoms with Gasteiger partial charge in [0.2, 0.25) is 0 Å². The second-order valence-corrected chi connectivity index (χ2v) is 6.32. The summed E-state index contributed by atoms with van der Waals surface area (Å²) in [7, 11) is 1.57. The molecule has 0 saturated carbocycles. The Labute approximate surface area is 135 Å². The Morgan fingerprint density at radius 1 is 1.29 bits per heavy atom. The standard InChI is InChI=1S/C16H14BrFO2S/c1-20-15-7-6-12(17)8-11(15)9-13(19)10-21-16-5-3-2-4-14(16)18/h2-8H,9-10H2,1H3. The zero-order valence-corrected chi connectivity index (χ0v) is 13.8. The average molecular weight is 369 g/mol. The number of methoxy groups -OCH3 is 1. The number of thioether (sulfide) groups is 1. The quantitative estimate of drug-likeness (QED) is 0.702. The third-order valence-corrected chi connectivity index (χ3v) is 4.46. The first-order valence-corrected chi connectivity index (χ1v) is 8.09. The van der Waals surface area contributed by atoms with Crippen LogP contribution < -0.4 is 4.74 Å². The Balaban J connectivity index is 1.99. The predicted octanol–water partition coefficient (Wildman–Crippen LogP) is 4.50. The molecule has 2 aromatic carbocycles. The fraction of sp³-hybridized carbons (Fsp3) is 0.188. The molecule has 2 nitrogen and oxygen atoms in total. The van der Waals surface area contributed by atoms with E-state index in [0.717, 1.165) is 10.0 Å². The minimum atomic E-state index is -0.296. The van der Waals surface area contributed by atoms with Gasteiger partial charge in [-0.2, -0.15) is 0 Å². The molecule has 0 aliphatic rings. The molecule has 0 radical (unpaired) electrons. The number of ether oxygens (including phenoxy) is 1. The highest BCUT2D eigenvalue weighted by atomic mass is 79.9. The van der Waals surface area contributed by atoms with Crippen molar-refractivity contribution in [1.82, 2.24) is 0 Å². The van der Waals surface area contributed by atoms with Gasteiger partial charge in [0.05, 0.1) is 12.9 Å². The Bertz CT molecular complexity index is 646. The lowest BCUT2D eigenvalue weighted by atomic mass is 10.1. The number of carbonyl (C=O) groups excluding carboxylic acids is 1. The highest BCUT2D eigenvalue weighted by molar-refractivity contribution is 9.10. The molecule has 0 fully saturated rings. The van der Waals surface area contributed by atoms with Crippen molar-refractivity contribution in [2.24, 2.45) is 0 Å². The highest BCUT2D eigenvalue weighted by Gasteiger charge is 2.11. The molecule has 0 spiro atoms. The molecule has 110 valence electrons. The Kier molecular flexibility index (Phi) is 5.82. The van der Waals surface area contributed by atoms with E-state index in [9.17, 15) is 9.18 Å². The van der Waals surface area contributed by atoms with Crippen molar-refractivity contribution in [2.45, 2.75) is 11.3 Å². The molecule has 5 heteroatoms. The minimum Gasteiger partial charge on any atom is -0.496 e. The summed E-state index contributed by atoms with van der Waals surface area (Å²) in [6, 6.07) is 12.0. The largest absolute Gasteiger partial charge is 0.496 e. The zero-order chi connectivity index (χ0) is 15.2. The zero-order valence-electron chi connectivity index (χ0n) is 11.4. The maximum atomic E-state index is 13.5. The smallest absolute Gasteiger partial charge is 0.147 e. The van der Waals surface area contributed by atoms with E-state index < -0.39 is 0 Å². The predicted molar refractivity (Wildman–Crippen MR) is 86.5 cm³/mol. The molecule has 0 aliphatic heterocycles. The molecule has 0 atom stereocenters. The van der Waals surface area contributed by atoms with Crippen LogP contribution in [0.5, 0.6) is 5.75 Å². The van der Waals surface area contributed by atoms with Crippen LogP contribution in [-0.4, -0.2) is 18.6 Å². The second-order valence-electron chi connectivity index (χ2n) is 4.39. The van der Waals surface area contributed by atoms with Gasteiger partial charge in [0, 0.05) is 21.4 Å². The van der Waals surface area contributed by atoms with Crippen LogP contribution in [-0.2, 0) is 11.2 Å². The minimum absolute atomic E-state index is 0.0275. The molecular formula is C16H14BrFO2S. The van der Waals surface area contributed by atoms with Crippen molar-refractivity contribution in [1.29, 1.82) is 0 Å². The molecule has 0 saturated heterocycles. The first kappa shape index (κ1) is 16.0. The van der Waals surface area contributed by atoms with Crippen molar-refractivity contribution in [2.75, 3.05) is 12.9 Å². The third kappa shape index (κ3) is 4.58. The number of hydrogen-bond acceptors (Lipinski definition) is 3. The van der Waals surface area contributed by atoms with Crippen LogP contribution in [0.3, 0.4) is 0 Å². The average Bonchev–Trinajstić information content (AvgIpc) is 2.47. The maximum absolute atomic E-state index is 13.5. The Hall–Kier alpha value is -1.33. The van der Waals surface area contributed by atoms with Gasteiger partial charge in [-0.3, -0.25) is 4.79 Å². The van der Waals surface area contributed by atoms with Gasteiger partial charge in [0.1, 0.15) is 17.3 Å². The van der Waals surface area contributed by atoms with E-state index in [4.69, 9.17) is 4.74 Å².